The molecule has 0 saturated heterocycles. The Morgan fingerprint density at radius 3 is 2.56 bits per heavy atom. The first-order chi connectivity index (χ1) is 7.58. The van der Waals surface area contributed by atoms with Gasteiger partial charge in [-0.3, -0.25) is 0 Å². The van der Waals surface area contributed by atoms with Crippen LogP contribution in [0.25, 0.3) is 0 Å². The third-order valence-corrected chi connectivity index (χ3v) is 2.47. The Balaban J connectivity index is 2.29. The van der Waals surface area contributed by atoms with E-state index >= 15 is 0 Å². The summed E-state index contributed by atoms with van der Waals surface area (Å²) in [7, 11) is 0. The molecule has 0 aliphatic heterocycles. The summed E-state index contributed by atoms with van der Waals surface area (Å²) in [5.74, 6) is 0. The first-order valence-corrected chi connectivity index (χ1v) is 5.81. The maximum atomic E-state index is 9.05. The normalized spacial score (nSPS) is 11.9. The molecule has 1 aromatic carbocycles. The molecular formula is C11H15ClN2OS. The molecule has 5 heteroatoms. The van der Waals surface area contributed by atoms with Gasteiger partial charge in [0.25, 0.3) is 0 Å². The molecule has 88 valence electrons. The van der Waals surface area contributed by atoms with Crippen molar-refractivity contribution in [1.29, 1.82) is 0 Å². The first-order valence-electron chi connectivity index (χ1n) is 5.02. The van der Waals surface area contributed by atoms with E-state index in [1.165, 1.54) is 0 Å². The number of halogens is 1. The van der Waals surface area contributed by atoms with Gasteiger partial charge in [-0.1, -0.05) is 23.7 Å². The lowest BCUT2D eigenvalue weighted by Crippen LogP contribution is -2.38. The summed E-state index contributed by atoms with van der Waals surface area (Å²) in [6.07, 6.45) is -0.407. The fraction of sp³-hybridized carbons (Fsp3) is 0.364. The van der Waals surface area contributed by atoms with Gasteiger partial charge in [0, 0.05) is 18.1 Å². The van der Waals surface area contributed by atoms with Crippen LogP contribution in [0.3, 0.4) is 0 Å². The molecular weight excluding hydrogens is 244 g/mol. The van der Waals surface area contributed by atoms with Crippen molar-refractivity contribution < 1.29 is 5.11 Å². The molecule has 16 heavy (non-hydrogen) atoms. The van der Waals surface area contributed by atoms with Gasteiger partial charge in [-0.15, -0.1) is 0 Å². The third-order valence-electron chi connectivity index (χ3n) is 1.92. The number of hydrogen-bond donors (Lipinski definition) is 3. The highest BCUT2D eigenvalue weighted by molar-refractivity contribution is 7.80. The zero-order valence-corrected chi connectivity index (χ0v) is 10.6. The van der Waals surface area contributed by atoms with Crippen LogP contribution in [0.5, 0.6) is 0 Å². The molecule has 0 spiro atoms. The summed E-state index contributed by atoms with van der Waals surface area (Å²) < 4.78 is 0. The highest BCUT2D eigenvalue weighted by Crippen LogP contribution is 2.08. The lowest BCUT2D eigenvalue weighted by Gasteiger charge is -2.11. The van der Waals surface area contributed by atoms with E-state index in [0.29, 0.717) is 18.2 Å². The fourth-order valence-corrected chi connectivity index (χ4v) is 1.37. The largest absolute Gasteiger partial charge is 0.392 e. The zero-order chi connectivity index (χ0) is 12.0. The molecule has 0 fully saturated rings. The Morgan fingerprint density at radius 1 is 1.38 bits per heavy atom. The quantitative estimate of drug-likeness (QED) is 0.719. The molecule has 1 unspecified atom stereocenters. The second-order valence-electron chi connectivity index (χ2n) is 3.54. The van der Waals surface area contributed by atoms with Gasteiger partial charge in [0.15, 0.2) is 5.11 Å². The highest BCUT2D eigenvalue weighted by Gasteiger charge is 1.98. The van der Waals surface area contributed by atoms with Crippen molar-refractivity contribution >= 4 is 28.9 Å². The van der Waals surface area contributed by atoms with Crippen molar-refractivity contribution in [2.75, 3.05) is 6.54 Å². The Morgan fingerprint density at radius 2 is 2.00 bits per heavy atom. The third kappa shape index (κ3) is 5.30. The van der Waals surface area contributed by atoms with E-state index in [9.17, 15) is 0 Å². The van der Waals surface area contributed by atoms with Crippen molar-refractivity contribution in [3.05, 3.63) is 34.9 Å². The number of hydrogen-bond acceptors (Lipinski definition) is 2. The fourth-order valence-electron chi connectivity index (χ4n) is 1.09. The summed E-state index contributed by atoms with van der Waals surface area (Å²) in [6, 6.07) is 7.55. The molecule has 1 atom stereocenters. The predicted molar refractivity (Wildman–Crippen MR) is 70.6 cm³/mol. The van der Waals surface area contributed by atoms with Gasteiger partial charge in [-0.25, -0.2) is 0 Å². The summed E-state index contributed by atoms with van der Waals surface area (Å²) in [5.41, 5.74) is 1.10. The van der Waals surface area contributed by atoms with E-state index in [0.717, 1.165) is 10.6 Å². The van der Waals surface area contributed by atoms with Crippen LogP contribution in [0.15, 0.2) is 24.3 Å². The molecule has 0 heterocycles. The number of benzene rings is 1. The topological polar surface area (TPSA) is 44.3 Å². The Hall–Kier alpha value is -0.840. The van der Waals surface area contributed by atoms with Gasteiger partial charge in [0.05, 0.1) is 6.10 Å². The van der Waals surface area contributed by atoms with E-state index in [1.807, 2.05) is 24.3 Å². The smallest absolute Gasteiger partial charge is 0.166 e. The monoisotopic (exact) mass is 258 g/mol. The second-order valence-corrected chi connectivity index (χ2v) is 4.38. The van der Waals surface area contributed by atoms with Gasteiger partial charge < -0.3 is 15.7 Å². The second kappa shape index (κ2) is 6.68. The molecule has 1 rings (SSSR count). The van der Waals surface area contributed by atoms with Gasteiger partial charge in [0.2, 0.25) is 0 Å². The molecule has 3 N–H and O–H groups in total. The van der Waals surface area contributed by atoms with Crippen LogP contribution in [0.4, 0.5) is 0 Å². The average molecular weight is 259 g/mol. The minimum absolute atomic E-state index is 0.407. The number of aliphatic hydroxyl groups is 1. The van der Waals surface area contributed by atoms with E-state index in [1.54, 1.807) is 6.92 Å². The summed E-state index contributed by atoms with van der Waals surface area (Å²) in [6.45, 7) is 2.80. The summed E-state index contributed by atoms with van der Waals surface area (Å²) in [5, 5.41) is 16.3. The minimum atomic E-state index is -0.407. The van der Waals surface area contributed by atoms with Crippen molar-refractivity contribution in [3.8, 4) is 0 Å². The van der Waals surface area contributed by atoms with Crippen LogP contribution in [-0.2, 0) is 6.54 Å². The highest BCUT2D eigenvalue weighted by atomic mass is 35.5. The lowest BCUT2D eigenvalue weighted by molar-refractivity contribution is 0.198. The van der Waals surface area contributed by atoms with Crippen LogP contribution in [-0.4, -0.2) is 22.9 Å². The van der Waals surface area contributed by atoms with Crippen LogP contribution < -0.4 is 10.6 Å². The lowest BCUT2D eigenvalue weighted by atomic mass is 10.2. The molecule has 3 nitrogen and oxygen atoms in total. The zero-order valence-electron chi connectivity index (χ0n) is 9.03. The first kappa shape index (κ1) is 13.2. The summed E-state index contributed by atoms with van der Waals surface area (Å²) in [4.78, 5) is 0. The number of nitrogens with one attached hydrogen (secondary N) is 2. The molecule has 0 aromatic heterocycles. The van der Waals surface area contributed by atoms with Crippen LogP contribution in [0.2, 0.25) is 5.02 Å². The van der Waals surface area contributed by atoms with Crippen LogP contribution in [0, 0.1) is 0 Å². The van der Waals surface area contributed by atoms with Crippen molar-refractivity contribution in [1.82, 2.24) is 10.6 Å². The maximum Gasteiger partial charge on any atom is 0.166 e. The average Bonchev–Trinajstić information content (AvgIpc) is 2.25. The van der Waals surface area contributed by atoms with Crippen molar-refractivity contribution in [2.24, 2.45) is 0 Å². The van der Waals surface area contributed by atoms with E-state index in [4.69, 9.17) is 28.9 Å². The molecule has 0 aliphatic rings. The maximum absolute atomic E-state index is 9.05. The molecule has 1 aromatic rings. The Bertz CT molecular complexity index is 340. The number of rotatable bonds is 4. The molecule has 0 saturated carbocycles. The van der Waals surface area contributed by atoms with Crippen LogP contribution in [0.1, 0.15) is 12.5 Å². The standard InChI is InChI=1S/C11H15ClN2OS/c1-8(15)6-13-11(16)14-7-9-2-4-10(12)5-3-9/h2-5,8,15H,6-7H2,1H3,(H2,13,14,16). The van der Waals surface area contributed by atoms with Crippen LogP contribution >= 0.6 is 23.8 Å². The van der Waals surface area contributed by atoms with Gasteiger partial charge >= 0.3 is 0 Å². The Kier molecular flexibility index (Phi) is 5.52. The minimum Gasteiger partial charge on any atom is -0.392 e. The number of aliphatic hydroxyl groups excluding tert-OH is 1. The van der Waals surface area contributed by atoms with E-state index in [2.05, 4.69) is 10.6 Å². The molecule has 0 aliphatic carbocycles. The SMILES string of the molecule is CC(O)CNC(=S)NCc1ccc(Cl)cc1. The molecule has 0 bridgehead atoms. The number of thiocarbonyl (C=S) groups is 1. The van der Waals surface area contributed by atoms with Gasteiger partial charge in [-0.2, -0.15) is 0 Å². The van der Waals surface area contributed by atoms with E-state index < -0.39 is 6.10 Å². The van der Waals surface area contributed by atoms with Crippen molar-refractivity contribution in [2.45, 2.75) is 19.6 Å². The van der Waals surface area contributed by atoms with Gasteiger partial charge in [0.1, 0.15) is 0 Å². The predicted octanol–water partition coefficient (Wildman–Crippen LogP) is 1.68. The Labute approximate surface area is 106 Å². The van der Waals surface area contributed by atoms with E-state index in [-0.39, 0.29) is 0 Å². The summed E-state index contributed by atoms with van der Waals surface area (Å²) >= 11 is 10.8. The molecule has 0 radical (unpaired) electrons. The van der Waals surface area contributed by atoms with Gasteiger partial charge in [-0.05, 0) is 36.8 Å². The van der Waals surface area contributed by atoms with Crippen molar-refractivity contribution in [3.63, 3.8) is 0 Å². The molecule has 0 amide bonds.